The molecule has 2 aliphatic rings. The molecule has 0 spiro atoms. The van der Waals surface area contributed by atoms with Crippen molar-refractivity contribution in [3.63, 3.8) is 0 Å². The first-order chi connectivity index (χ1) is 16.6. The molecular formula is C34H38Cl2Hf. The largest absolute Gasteiger partial charge is 1.00 e. The summed E-state index contributed by atoms with van der Waals surface area (Å²) in [6.07, 6.45) is 10.6. The van der Waals surface area contributed by atoms with Crippen LogP contribution in [0.15, 0.2) is 85.0 Å². The van der Waals surface area contributed by atoms with E-state index in [2.05, 4.69) is 133 Å². The number of hydrogen-bond donors (Lipinski definition) is 0. The Balaban J connectivity index is 0.00000190. The van der Waals surface area contributed by atoms with Crippen molar-refractivity contribution in [3.8, 4) is 11.1 Å². The zero-order chi connectivity index (χ0) is 25.0. The first kappa shape index (κ1) is 30.0. The van der Waals surface area contributed by atoms with Gasteiger partial charge in [-0.15, -0.1) is 0 Å². The number of allylic oxidation sites excluding steroid dienone is 4. The third-order valence-electron chi connectivity index (χ3n) is 7.71. The second-order valence-electron chi connectivity index (χ2n) is 12.3. The molecule has 0 aliphatic heterocycles. The molecule has 192 valence electrons. The summed E-state index contributed by atoms with van der Waals surface area (Å²) in [5, 5.41) is 0. The second-order valence-corrected chi connectivity index (χ2v) is 22.1. The van der Waals surface area contributed by atoms with Crippen LogP contribution in [0.3, 0.4) is 0 Å². The maximum Gasteiger partial charge on any atom is -1.00 e. The van der Waals surface area contributed by atoms with Crippen LogP contribution >= 0.6 is 0 Å². The van der Waals surface area contributed by atoms with Gasteiger partial charge in [-0.1, -0.05) is 0 Å². The molecule has 0 fully saturated rings. The molecule has 5 rings (SSSR count). The number of rotatable bonds is 3. The van der Waals surface area contributed by atoms with Gasteiger partial charge in [0.15, 0.2) is 0 Å². The van der Waals surface area contributed by atoms with Gasteiger partial charge in [0.25, 0.3) is 0 Å². The maximum absolute atomic E-state index is 2.59. The van der Waals surface area contributed by atoms with Crippen molar-refractivity contribution in [2.75, 3.05) is 0 Å². The van der Waals surface area contributed by atoms with Gasteiger partial charge < -0.3 is 24.8 Å². The minimum atomic E-state index is -2.59. The third-order valence-corrected chi connectivity index (χ3v) is 19.4. The van der Waals surface area contributed by atoms with Crippen molar-refractivity contribution in [3.05, 3.63) is 113 Å². The van der Waals surface area contributed by atoms with Crippen LogP contribution in [0.5, 0.6) is 0 Å². The van der Waals surface area contributed by atoms with Crippen LogP contribution in [-0.4, -0.2) is 3.26 Å². The van der Waals surface area contributed by atoms with Gasteiger partial charge in [-0.3, -0.25) is 0 Å². The predicted octanol–water partition coefficient (Wildman–Crippen LogP) is 2.26. The van der Waals surface area contributed by atoms with Crippen LogP contribution in [0.4, 0.5) is 0 Å². The van der Waals surface area contributed by atoms with Gasteiger partial charge in [0.2, 0.25) is 0 Å². The van der Waals surface area contributed by atoms with Crippen LogP contribution in [0.1, 0.15) is 76.3 Å². The quantitative estimate of drug-likeness (QED) is 0.289. The zero-order valence-electron chi connectivity index (χ0n) is 23.1. The van der Waals surface area contributed by atoms with Crippen molar-refractivity contribution >= 4 is 6.58 Å². The molecule has 0 heterocycles. The van der Waals surface area contributed by atoms with E-state index in [1.807, 2.05) is 0 Å². The van der Waals surface area contributed by atoms with E-state index in [0.717, 1.165) is 6.42 Å². The normalized spacial score (nSPS) is 14.5. The van der Waals surface area contributed by atoms with Crippen molar-refractivity contribution < 1.29 is 45.8 Å². The van der Waals surface area contributed by atoms with Crippen molar-refractivity contribution in [2.45, 2.75) is 69.4 Å². The summed E-state index contributed by atoms with van der Waals surface area (Å²) >= 11 is -2.59. The summed E-state index contributed by atoms with van der Waals surface area (Å²) in [5.74, 6) is 0. The van der Waals surface area contributed by atoms with Gasteiger partial charge in [0.05, 0.1) is 0 Å². The SMILES string of the molecule is C[C](c1ccccc1)=[Hf+2]([c]1c(C(C)(C)C)ccc2c1Cc1cc(C(C)(C)C)ccc1-2)[CH]1C=CC=C1.[Cl-].[Cl-]. The molecule has 37 heavy (non-hydrogen) atoms. The molecule has 0 radical (unpaired) electrons. The maximum atomic E-state index is 2.49. The first-order valence-corrected chi connectivity index (χ1v) is 18.6. The summed E-state index contributed by atoms with van der Waals surface area (Å²) in [7, 11) is 0. The van der Waals surface area contributed by atoms with E-state index in [1.54, 1.807) is 17.7 Å². The van der Waals surface area contributed by atoms with Crippen molar-refractivity contribution in [1.82, 2.24) is 0 Å². The molecule has 0 aromatic heterocycles. The molecule has 3 aromatic carbocycles. The Labute approximate surface area is 244 Å². The van der Waals surface area contributed by atoms with Gasteiger partial charge >= 0.3 is 221 Å². The summed E-state index contributed by atoms with van der Waals surface area (Å²) in [6, 6.07) is 23.4. The Morgan fingerprint density at radius 1 is 0.757 bits per heavy atom. The van der Waals surface area contributed by atoms with Crippen LogP contribution < -0.4 is 28.1 Å². The predicted molar refractivity (Wildman–Crippen MR) is 150 cm³/mol. The van der Waals surface area contributed by atoms with Crippen LogP contribution in [0.25, 0.3) is 11.1 Å². The Morgan fingerprint density at radius 2 is 1.38 bits per heavy atom. The standard InChI is InChI=1S/C21H25.C8H8.C5H5.2ClH.Hf/c1-20(2,3)16-7-9-18-14(12-16)11-15-13-17(21(4,5)6)8-10-19(15)18;1-2-8-6-4-3-5-7-8;1-2-4-5-3-1;;;/h7-10,12H,11H2,1-6H3;3-7H,1H3;1-5H;2*1H;/q;;;;;+2/p-2. The molecule has 0 saturated carbocycles. The number of benzene rings is 3. The summed E-state index contributed by atoms with van der Waals surface area (Å²) in [5.41, 5.74) is 10.8. The number of halogens is 2. The third kappa shape index (κ3) is 5.75. The fourth-order valence-corrected chi connectivity index (χ4v) is 18.6. The average Bonchev–Trinajstić information content (AvgIpc) is 3.46. The molecule has 0 N–H and O–H groups in total. The summed E-state index contributed by atoms with van der Waals surface area (Å²) in [4.78, 5) is 0. The van der Waals surface area contributed by atoms with E-state index >= 15 is 0 Å². The molecular weight excluding hydrogens is 658 g/mol. The zero-order valence-corrected chi connectivity index (χ0v) is 28.2. The average molecular weight is 696 g/mol. The van der Waals surface area contributed by atoms with Crippen LogP contribution in [0.2, 0.25) is 3.67 Å². The second kappa shape index (κ2) is 11.3. The monoisotopic (exact) mass is 696 g/mol. The molecule has 0 amide bonds. The summed E-state index contributed by atoms with van der Waals surface area (Å²) < 4.78 is 4.01. The van der Waals surface area contributed by atoms with Gasteiger partial charge in [0, 0.05) is 0 Å². The van der Waals surface area contributed by atoms with Crippen molar-refractivity contribution in [1.29, 1.82) is 0 Å². The van der Waals surface area contributed by atoms with Gasteiger partial charge in [-0.25, -0.2) is 0 Å². The molecule has 0 unspecified atom stereocenters. The minimum Gasteiger partial charge on any atom is -1.00 e. The van der Waals surface area contributed by atoms with E-state index in [9.17, 15) is 0 Å². The Morgan fingerprint density at radius 3 is 1.97 bits per heavy atom. The summed E-state index contributed by atoms with van der Waals surface area (Å²) in [6.45, 7) is 16.6. The van der Waals surface area contributed by atoms with Crippen LogP contribution in [0, 0.1) is 0 Å². The molecule has 0 nitrogen and oxygen atoms in total. The van der Waals surface area contributed by atoms with Gasteiger partial charge in [-0.05, 0) is 0 Å². The minimum absolute atomic E-state index is 0. The molecule has 0 atom stereocenters. The van der Waals surface area contributed by atoms with Gasteiger partial charge in [0.1, 0.15) is 0 Å². The topological polar surface area (TPSA) is 0 Å². The number of hydrogen-bond acceptors (Lipinski definition) is 0. The molecule has 0 bridgehead atoms. The first-order valence-electron chi connectivity index (χ1n) is 13.0. The fourth-order valence-electron chi connectivity index (χ4n) is 5.75. The molecule has 0 saturated heterocycles. The van der Waals surface area contributed by atoms with Gasteiger partial charge in [-0.2, -0.15) is 0 Å². The van der Waals surface area contributed by atoms with E-state index in [-0.39, 0.29) is 35.6 Å². The van der Waals surface area contributed by atoms with E-state index in [0.29, 0.717) is 3.67 Å². The smallest absolute Gasteiger partial charge is 1.00 e. The van der Waals surface area contributed by atoms with E-state index < -0.39 is 21.0 Å². The van der Waals surface area contributed by atoms with Crippen LogP contribution in [-0.2, 0) is 38.2 Å². The Bertz CT molecular complexity index is 1370. The molecule has 3 heteroatoms. The number of fused-ring (bicyclic) bond motifs is 3. The molecule has 3 aromatic rings. The molecule has 2 aliphatic carbocycles. The fraction of sp³-hybridized carbons (Fsp3) is 0.324. The van der Waals surface area contributed by atoms with E-state index in [4.69, 9.17) is 0 Å². The Kier molecular flexibility index (Phi) is 9.16. The van der Waals surface area contributed by atoms with Crippen molar-refractivity contribution in [2.24, 2.45) is 0 Å². The van der Waals surface area contributed by atoms with E-state index in [1.165, 1.54) is 27.8 Å². The Hall–Kier alpha value is -1.54.